The second kappa shape index (κ2) is 5.15. The Morgan fingerprint density at radius 2 is 2.11 bits per heavy atom. The molecule has 2 aromatic rings. The molecule has 1 fully saturated rings. The molecule has 4 heteroatoms. The van der Waals surface area contributed by atoms with Gasteiger partial charge in [-0.3, -0.25) is 0 Å². The summed E-state index contributed by atoms with van der Waals surface area (Å²) in [5, 5.41) is 1.17. The van der Waals surface area contributed by atoms with Crippen LogP contribution in [0.1, 0.15) is 6.92 Å². The Morgan fingerprint density at radius 3 is 2.95 bits per heavy atom. The van der Waals surface area contributed by atoms with Crippen molar-refractivity contribution in [1.82, 2.24) is 4.98 Å². The van der Waals surface area contributed by atoms with Gasteiger partial charge in [0.2, 0.25) is 0 Å². The lowest BCUT2D eigenvalue weighted by molar-refractivity contribution is -0.0106. The van der Waals surface area contributed by atoms with Crippen LogP contribution in [0.4, 0.5) is 5.82 Å². The van der Waals surface area contributed by atoms with Gasteiger partial charge < -0.3 is 15.4 Å². The number of fused-ring (bicyclic) bond motifs is 1. The molecule has 0 amide bonds. The summed E-state index contributed by atoms with van der Waals surface area (Å²) in [6.07, 6.45) is 0.285. The van der Waals surface area contributed by atoms with E-state index < -0.39 is 0 Å². The minimum Gasteiger partial charge on any atom is -0.370 e. The number of pyridine rings is 1. The Kier molecular flexibility index (Phi) is 3.36. The second-order valence-corrected chi connectivity index (χ2v) is 5.07. The maximum Gasteiger partial charge on any atom is 0.129 e. The van der Waals surface area contributed by atoms with Gasteiger partial charge in [-0.2, -0.15) is 0 Å². The van der Waals surface area contributed by atoms with Crippen molar-refractivity contribution in [3.05, 3.63) is 36.4 Å². The Balaban J connectivity index is 1.90. The normalized spacial score (nSPS) is 23.8. The van der Waals surface area contributed by atoms with Crippen molar-refractivity contribution in [1.29, 1.82) is 0 Å². The summed E-state index contributed by atoms with van der Waals surface area (Å²) in [5.74, 6) is 1.01. The second-order valence-electron chi connectivity index (χ2n) is 5.07. The fourth-order valence-electron chi connectivity index (χ4n) is 2.59. The minimum absolute atomic E-state index is 0.0945. The molecule has 1 aliphatic heterocycles. The first kappa shape index (κ1) is 12.4. The molecule has 19 heavy (non-hydrogen) atoms. The Hall–Kier alpha value is -1.65. The molecule has 1 aromatic carbocycles. The Labute approximate surface area is 113 Å². The van der Waals surface area contributed by atoms with Crippen molar-refractivity contribution in [3.8, 4) is 0 Å². The van der Waals surface area contributed by atoms with E-state index in [0.717, 1.165) is 24.4 Å². The van der Waals surface area contributed by atoms with Crippen LogP contribution in [0.3, 0.4) is 0 Å². The van der Waals surface area contributed by atoms with Gasteiger partial charge in [0.25, 0.3) is 0 Å². The number of para-hydroxylation sites is 1. The molecule has 0 aliphatic carbocycles. The topological polar surface area (TPSA) is 51.4 Å². The number of nitrogens with zero attached hydrogens (tertiary/aromatic N) is 2. The summed E-state index contributed by atoms with van der Waals surface area (Å²) in [7, 11) is 0. The van der Waals surface area contributed by atoms with Crippen molar-refractivity contribution < 1.29 is 4.74 Å². The number of anilines is 1. The fraction of sp³-hybridized carbons (Fsp3) is 0.400. The molecule has 1 aromatic heterocycles. The summed E-state index contributed by atoms with van der Waals surface area (Å²) in [6, 6.07) is 12.4. The van der Waals surface area contributed by atoms with Crippen LogP contribution in [-0.4, -0.2) is 36.8 Å². The molecule has 1 aliphatic rings. The third-order valence-corrected chi connectivity index (χ3v) is 3.50. The molecule has 0 radical (unpaired) electrons. The first-order valence-electron chi connectivity index (χ1n) is 6.72. The molecule has 2 unspecified atom stereocenters. The highest BCUT2D eigenvalue weighted by atomic mass is 16.5. The zero-order chi connectivity index (χ0) is 13.2. The van der Waals surface area contributed by atoms with Crippen molar-refractivity contribution >= 4 is 16.7 Å². The van der Waals surface area contributed by atoms with Crippen molar-refractivity contribution in [2.24, 2.45) is 5.73 Å². The zero-order valence-electron chi connectivity index (χ0n) is 11.1. The van der Waals surface area contributed by atoms with Crippen LogP contribution in [0.25, 0.3) is 10.9 Å². The standard InChI is InChI=1S/C15H19N3O/c1-11-9-18(10-13(8-16)19-11)15-7-6-12-4-2-3-5-14(12)17-15/h2-7,11,13H,8-10,16H2,1H3. The molecule has 4 nitrogen and oxygen atoms in total. The first-order valence-corrected chi connectivity index (χ1v) is 6.72. The number of morpholine rings is 1. The van der Waals surface area contributed by atoms with Crippen LogP contribution >= 0.6 is 0 Å². The van der Waals surface area contributed by atoms with Gasteiger partial charge in [0, 0.05) is 25.0 Å². The van der Waals surface area contributed by atoms with Gasteiger partial charge in [0.1, 0.15) is 5.82 Å². The van der Waals surface area contributed by atoms with Crippen LogP contribution in [0.15, 0.2) is 36.4 Å². The predicted molar refractivity (Wildman–Crippen MR) is 77.3 cm³/mol. The average molecular weight is 257 g/mol. The molecule has 100 valence electrons. The Morgan fingerprint density at radius 1 is 1.26 bits per heavy atom. The third kappa shape index (κ3) is 2.55. The number of benzene rings is 1. The molecule has 3 rings (SSSR count). The lowest BCUT2D eigenvalue weighted by atomic mass is 10.2. The van der Waals surface area contributed by atoms with E-state index in [9.17, 15) is 0 Å². The number of hydrogen-bond acceptors (Lipinski definition) is 4. The van der Waals surface area contributed by atoms with Gasteiger partial charge in [0.15, 0.2) is 0 Å². The van der Waals surface area contributed by atoms with E-state index >= 15 is 0 Å². The van der Waals surface area contributed by atoms with Gasteiger partial charge in [-0.15, -0.1) is 0 Å². The number of rotatable bonds is 2. The van der Waals surface area contributed by atoms with Gasteiger partial charge in [-0.1, -0.05) is 18.2 Å². The van der Waals surface area contributed by atoms with Crippen LogP contribution in [-0.2, 0) is 4.74 Å². The summed E-state index contributed by atoms with van der Waals surface area (Å²) >= 11 is 0. The van der Waals surface area contributed by atoms with Crippen molar-refractivity contribution in [2.45, 2.75) is 19.1 Å². The fourth-order valence-corrected chi connectivity index (χ4v) is 2.59. The molecular formula is C15H19N3O. The molecule has 2 atom stereocenters. The van der Waals surface area contributed by atoms with Crippen molar-refractivity contribution in [3.63, 3.8) is 0 Å². The van der Waals surface area contributed by atoms with E-state index in [-0.39, 0.29) is 12.2 Å². The van der Waals surface area contributed by atoms with Crippen LogP contribution in [0.5, 0.6) is 0 Å². The quantitative estimate of drug-likeness (QED) is 0.891. The van der Waals surface area contributed by atoms with Crippen molar-refractivity contribution in [2.75, 3.05) is 24.5 Å². The SMILES string of the molecule is CC1CN(c2ccc3ccccc3n2)CC(CN)O1. The first-order chi connectivity index (χ1) is 9.26. The van der Waals surface area contributed by atoms with E-state index in [1.54, 1.807) is 0 Å². The monoisotopic (exact) mass is 257 g/mol. The highest BCUT2D eigenvalue weighted by Crippen LogP contribution is 2.21. The molecular weight excluding hydrogens is 238 g/mol. The van der Waals surface area contributed by atoms with Crippen LogP contribution < -0.4 is 10.6 Å². The maximum atomic E-state index is 5.78. The van der Waals surface area contributed by atoms with E-state index in [1.807, 2.05) is 18.2 Å². The lowest BCUT2D eigenvalue weighted by Crippen LogP contribution is -2.49. The minimum atomic E-state index is 0.0945. The number of hydrogen-bond donors (Lipinski definition) is 1. The zero-order valence-corrected chi connectivity index (χ0v) is 11.1. The number of aromatic nitrogens is 1. The van der Waals surface area contributed by atoms with E-state index in [1.165, 1.54) is 5.39 Å². The molecule has 0 spiro atoms. The number of ether oxygens (including phenoxy) is 1. The molecule has 1 saturated heterocycles. The summed E-state index contributed by atoms with van der Waals surface area (Å²) < 4.78 is 5.78. The van der Waals surface area contributed by atoms with Gasteiger partial charge >= 0.3 is 0 Å². The largest absolute Gasteiger partial charge is 0.370 e. The smallest absolute Gasteiger partial charge is 0.129 e. The predicted octanol–water partition coefficient (Wildman–Crippen LogP) is 1.79. The molecule has 2 heterocycles. The van der Waals surface area contributed by atoms with Crippen LogP contribution in [0.2, 0.25) is 0 Å². The molecule has 2 N–H and O–H groups in total. The van der Waals surface area contributed by atoms with Gasteiger partial charge in [0.05, 0.1) is 17.7 Å². The number of nitrogens with two attached hydrogens (primary N) is 1. The Bertz CT molecular complexity index is 572. The summed E-state index contributed by atoms with van der Waals surface area (Å²) in [4.78, 5) is 6.99. The van der Waals surface area contributed by atoms with Gasteiger partial charge in [-0.05, 0) is 25.1 Å². The summed E-state index contributed by atoms with van der Waals surface area (Å²) in [5.41, 5.74) is 6.76. The third-order valence-electron chi connectivity index (χ3n) is 3.50. The van der Waals surface area contributed by atoms with E-state index in [2.05, 4.69) is 30.0 Å². The highest BCUT2D eigenvalue weighted by Gasteiger charge is 2.25. The average Bonchev–Trinajstić information content (AvgIpc) is 2.46. The van der Waals surface area contributed by atoms with E-state index in [4.69, 9.17) is 15.5 Å². The van der Waals surface area contributed by atoms with E-state index in [0.29, 0.717) is 6.54 Å². The van der Waals surface area contributed by atoms with Crippen LogP contribution in [0, 0.1) is 0 Å². The highest BCUT2D eigenvalue weighted by molar-refractivity contribution is 5.80. The molecule has 0 bridgehead atoms. The summed E-state index contributed by atoms with van der Waals surface area (Å²) in [6.45, 7) is 4.30. The van der Waals surface area contributed by atoms with Gasteiger partial charge in [-0.25, -0.2) is 4.98 Å². The maximum absolute atomic E-state index is 5.78. The molecule has 0 saturated carbocycles. The lowest BCUT2D eigenvalue weighted by Gasteiger charge is -2.37.